The molecule has 0 atom stereocenters. The van der Waals surface area contributed by atoms with E-state index < -0.39 is 5.54 Å². The van der Waals surface area contributed by atoms with Gasteiger partial charge in [0.2, 0.25) is 6.08 Å². The van der Waals surface area contributed by atoms with Crippen LogP contribution in [0.15, 0.2) is 11.3 Å². The van der Waals surface area contributed by atoms with Gasteiger partial charge in [0.05, 0.1) is 0 Å². The van der Waals surface area contributed by atoms with Crippen molar-refractivity contribution >= 4 is 6.08 Å². The average molecular weight is 152 g/mol. The van der Waals surface area contributed by atoms with E-state index in [9.17, 15) is 4.79 Å². The second kappa shape index (κ2) is 2.64. The Bertz CT molecular complexity index is 271. The monoisotopic (exact) mass is 152 g/mol. The first-order valence-corrected chi connectivity index (χ1v) is 3.11. The second-order valence-electron chi connectivity index (χ2n) is 2.60. The van der Waals surface area contributed by atoms with Crippen LogP contribution in [-0.4, -0.2) is 21.3 Å². The van der Waals surface area contributed by atoms with E-state index in [1.165, 1.54) is 12.4 Å². The standard InChI is InChI=1S/C6H8N4O/c1-6(2,8-4-11)5-7-3-9-10-5/h3H,1-2H3,(H,7,9,10). The Morgan fingerprint density at radius 1 is 1.73 bits per heavy atom. The Labute approximate surface area is 63.6 Å². The van der Waals surface area contributed by atoms with Crippen molar-refractivity contribution in [2.75, 3.05) is 0 Å². The predicted octanol–water partition coefficient (Wildman–Crippen LogP) is 0.376. The molecule has 0 aliphatic heterocycles. The number of aliphatic imine (C=N–C) groups is 1. The first-order chi connectivity index (χ1) is 5.17. The lowest BCUT2D eigenvalue weighted by atomic mass is 10.1. The summed E-state index contributed by atoms with van der Waals surface area (Å²) in [7, 11) is 0. The van der Waals surface area contributed by atoms with Crippen molar-refractivity contribution in [3.05, 3.63) is 12.2 Å². The molecule has 0 spiro atoms. The van der Waals surface area contributed by atoms with Gasteiger partial charge in [-0.3, -0.25) is 5.10 Å². The molecule has 1 aromatic rings. The number of nitrogens with zero attached hydrogens (tertiary/aromatic N) is 3. The molecule has 0 unspecified atom stereocenters. The maximum Gasteiger partial charge on any atom is 0.235 e. The molecule has 58 valence electrons. The summed E-state index contributed by atoms with van der Waals surface area (Å²) in [5.74, 6) is 0.556. The molecule has 5 heteroatoms. The van der Waals surface area contributed by atoms with Crippen molar-refractivity contribution < 1.29 is 4.79 Å². The van der Waals surface area contributed by atoms with E-state index >= 15 is 0 Å². The quantitative estimate of drug-likeness (QED) is 0.491. The number of nitrogens with one attached hydrogen (secondary N) is 1. The third-order valence-electron chi connectivity index (χ3n) is 1.32. The summed E-state index contributed by atoms with van der Waals surface area (Å²) in [6.45, 7) is 3.50. The Morgan fingerprint density at radius 2 is 2.45 bits per heavy atom. The highest BCUT2D eigenvalue weighted by molar-refractivity contribution is 5.35. The molecule has 0 bridgehead atoms. The molecule has 0 saturated heterocycles. The molecule has 1 rings (SSSR count). The highest BCUT2D eigenvalue weighted by Crippen LogP contribution is 2.18. The molecule has 0 aromatic carbocycles. The maximum atomic E-state index is 9.96. The summed E-state index contributed by atoms with van der Waals surface area (Å²) in [4.78, 5) is 17.4. The van der Waals surface area contributed by atoms with Gasteiger partial charge < -0.3 is 0 Å². The zero-order valence-electron chi connectivity index (χ0n) is 6.33. The molecular formula is C6H8N4O. The summed E-state index contributed by atoms with van der Waals surface area (Å²) < 4.78 is 0. The molecule has 0 radical (unpaired) electrons. The van der Waals surface area contributed by atoms with Crippen LogP contribution in [0.25, 0.3) is 0 Å². The van der Waals surface area contributed by atoms with Gasteiger partial charge >= 0.3 is 0 Å². The summed E-state index contributed by atoms with van der Waals surface area (Å²) in [6, 6.07) is 0. The van der Waals surface area contributed by atoms with Gasteiger partial charge in [-0.05, 0) is 13.8 Å². The molecule has 5 nitrogen and oxygen atoms in total. The lowest BCUT2D eigenvalue weighted by molar-refractivity contribution is 0.500. The van der Waals surface area contributed by atoms with Crippen molar-refractivity contribution in [3.8, 4) is 0 Å². The molecular weight excluding hydrogens is 144 g/mol. The van der Waals surface area contributed by atoms with E-state index in [1.807, 2.05) is 0 Å². The van der Waals surface area contributed by atoms with Crippen molar-refractivity contribution in [2.24, 2.45) is 4.99 Å². The molecule has 0 aliphatic carbocycles. The summed E-state index contributed by atoms with van der Waals surface area (Å²) in [6.07, 6.45) is 2.86. The molecule has 11 heavy (non-hydrogen) atoms. The van der Waals surface area contributed by atoms with Crippen LogP contribution in [0.4, 0.5) is 0 Å². The predicted molar refractivity (Wildman–Crippen MR) is 37.5 cm³/mol. The largest absolute Gasteiger partial charge is 0.261 e. The Hall–Kier alpha value is -1.48. The fraction of sp³-hybridized carbons (Fsp3) is 0.500. The zero-order chi connectivity index (χ0) is 8.32. The van der Waals surface area contributed by atoms with Crippen LogP contribution in [0.2, 0.25) is 0 Å². The number of hydrogen-bond acceptors (Lipinski definition) is 4. The van der Waals surface area contributed by atoms with Gasteiger partial charge in [-0.25, -0.2) is 9.78 Å². The van der Waals surface area contributed by atoms with Crippen LogP contribution in [0.3, 0.4) is 0 Å². The fourth-order valence-electron chi connectivity index (χ4n) is 0.667. The third kappa shape index (κ3) is 1.50. The van der Waals surface area contributed by atoms with Gasteiger partial charge in [0.25, 0.3) is 0 Å². The number of rotatable bonds is 2. The van der Waals surface area contributed by atoms with E-state index in [0.29, 0.717) is 5.82 Å². The van der Waals surface area contributed by atoms with Crippen LogP contribution < -0.4 is 0 Å². The number of hydrogen-bond donors (Lipinski definition) is 1. The lowest BCUT2D eigenvalue weighted by Gasteiger charge is -2.11. The van der Waals surface area contributed by atoms with Crippen molar-refractivity contribution in [3.63, 3.8) is 0 Å². The highest BCUT2D eigenvalue weighted by atomic mass is 16.1. The number of H-pyrrole nitrogens is 1. The molecule has 1 heterocycles. The molecule has 0 fully saturated rings. The fourth-order valence-corrected chi connectivity index (χ4v) is 0.667. The molecule has 0 aliphatic rings. The summed E-state index contributed by atoms with van der Waals surface area (Å²) >= 11 is 0. The molecule has 0 amide bonds. The molecule has 1 N–H and O–H groups in total. The Balaban J connectivity index is 2.99. The van der Waals surface area contributed by atoms with Gasteiger partial charge in [-0.15, -0.1) is 0 Å². The van der Waals surface area contributed by atoms with Crippen LogP contribution in [0.1, 0.15) is 19.7 Å². The minimum Gasteiger partial charge on any atom is -0.261 e. The van der Waals surface area contributed by atoms with E-state index in [1.54, 1.807) is 13.8 Å². The third-order valence-corrected chi connectivity index (χ3v) is 1.32. The van der Waals surface area contributed by atoms with Crippen molar-refractivity contribution in [1.82, 2.24) is 15.2 Å². The van der Waals surface area contributed by atoms with Crippen LogP contribution in [-0.2, 0) is 10.3 Å². The number of aromatic amines is 1. The highest BCUT2D eigenvalue weighted by Gasteiger charge is 2.22. The van der Waals surface area contributed by atoms with Gasteiger partial charge in [0, 0.05) is 0 Å². The van der Waals surface area contributed by atoms with E-state index in [4.69, 9.17) is 0 Å². The number of carbonyl (C=O) groups excluding carboxylic acids is 1. The van der Waals surface area contributed by atoms with E-state index in [2.05, 4.69) is 20.2 Å². The van der Waals surface area contributed by atoms with Gasteiger partial charge in [-0.2, -0.15) is 10.1 Å². The molecule has 0 saturated carbocycles. The minimum atomic E-state index is -0.655. The van der Waals surface area contributed by atoms with E-state index in [0.717, 1.165) is 0 Å². The first-order valence-electron chi connectivity index (χ1n) is 3.11. The number of isocyanates is 1. The van der Waals surface area contributed by atoms with E-state index in [-0.39, 0.29) is 0 Å². The smallest absolute Gasteiger partial charge is 0.235 e. The number of aromatic nitrogens is 3. The topological polar surface area (TPSA) is 71.0 Å². The minimum absolute atomic E-state index is 0.556. The van der Waals surface area contributed by atoms with Gasteiger partial charge in [0.15, 0.2) is 5.82 Å². The van der Waals surface area contributed by atoms with Crippen LogP contribution in [0.5, 0.6) is 0 Å². The van der Waals surface area contributed by atoms with Gasteiger partial charge in [0.1, 0.15) is 11.9 Å². The zero-order valence-corrected chi connectivity index (χ0v) is 6.33. The first kappa shape index (κ1) is 7.63. The van der Waals surface area contributed by atoms with Crippen LogP contribution in [0, 0.1) is 0 Å². The van der Waals surface area contributed by atoms with Crippen LogP contribution >= 0.6 is 0 Å². The normalized spacial score (nSPS) is 10.7. The van der Waals surface area contributed by atoms with Gasteiger partial charge in [-0.1, -0.05) is 0 Å². The van der Waals surface area contributed by atoms with Crippen molar-refractivity contribution in [1.29, 1.82) is 0 Å². The Morgan fingerprint density at radius 3 is 2.91 bits per heavy atom. The second-order valence-corrected chi connectivity index (χ2v) is 2.60. The van der Waals surface area contributed by atoms with Crippen molar-refractivity contribution in [2.45, 2.75) is 19.4 Å². The average Bonchev–Trinajstić information content (AvgIpc) is 2.37. The lowest BCUT2D eigenvalue weighted by Crippen LogP contribution is -2.15. The Kier molecular flexibility index (Phi) is 1.83. The summed E-state index contributed by atoms with van der Waals surface area (Å²) in [5, 5.41) is 6.27. The molecule has 1 aromatic heterocycles. The SMILES string of the molecule is CC(C)(N=C=O)c1ncn[nH]1. The maximum absolute atomic E-state index is 9.96. The summed E-state index contributed by atoms with van der Waals surface area (Å²) in [5.41, 5.74) is -0.655.